The van der Waals surface area contributed by atoms with Crippen molar-refractivity contribution in [3.63, 3.8) is 0 Å². The normalized spacial score (nSPS) is 17.7. The van der Waals surface area contributed by atoms with Crippen molar-refractivity contribution in [3.05, 3.63) is 58.6 Å². The summed E-state index contributed by atoms with van der Waals surface area (Å²) in [6.45, 7) is 7.79. The predicted octanol–water partition coefficient (Wildman–Crippen LogP) is 4.53. The number of halogens is 1. The minimum absolute atomic E-state index is 0.246. The molecule has 1 amide bonds. The van der Waals surface area contributed by atoms with Crippen LogP contribution in [0.4, 0.5) is 11.4 Å². The number of aryl methyl sites for hydroxylation is 1. The van der Waals surface area contributed by atoms with Crippen molar-refractivity contribution >= 4 is 38.9 Å². The maximum atomic E-state index is 12.7. The van der Waals surface area contributed by atoms with E-state index in [1.165, 1.54) is 18.5 Å². The molecule has 1 saturated heterocycles. The van der Waals surface area contributed by atoms with Gasteiger partial charge in [-0.3, -0.25) is 9.10 Å². The maximum absolute atomic E-state index is 12.7. The summed E-state index contributed by atoms with van der Waals surface area (Å²) in [7, 11) is -3.65. The van der Waals surface area contributed by atoms with Crippen LogP contribution in [0.3, 0.4) is 0 Å². The molecule has 0 bridgehead atoms. The topological polar surface area (TPSA) is 69.7 Å². The number of sulfonamides is 1. The van der Waals surface area contributed by atoms with Crippen molar-refractivity contribution in [2.45, 2.75) is 39.7 Å². The third-order valence-corrected chi connectivity index (χ3v) is 7.27. The molecule has 0 aliphatic carbocycles. The van der Waals surface area contributed by atoms with Crippen LogP contribution in [0, 0.1) is 12.8 Å². The van der Waals surface area contributed by atoms with Gasteiger partial charge in [-0.2, -0.15) is 0 Å². The van der Waals surface area contributed by atoms with Gasteiger partial charge in [0, 0.05) is 23.8 Å². The molecular weight excluding hydrogens is 446 g/mol. The van der Waals surface area contributed by atoms with E-state index < -0.39 is 10.0 Å². The van der Waals surface area contributed by atoms with Crippen LogP contribution < -0.4 is 14.5 Å². The van der Waals surface area contributed by atoms with Crippen molar-refractivity contribution in [1.82, 2.24) is 5.32 Å². The number of rotatable bonds is 7. The molecule has 1 aliphatic rings. The summed E-state index contributed by atoms with van der Waals surface area (Å²) in [5, 5.41) is 3.43. The number of amides is 1. The summed E-state index contributed by atoms with van der Waals surface area (Å²) in [6, 6.07) is 12.9. The smallest absolute Gasteiger partial charge is 0.241 e. The fourth-order valence-corrected chi connectivity index (χ4v) is 5.32. The van der Waals surface area contributed by atoms with E-state index in [4.69, 9.17) is 11.6 Å². The zero-order valence-corrected chi connectivity index (χ0v) is 20.7. The Balaban J connectivity index is 1.67. The molecule has 0 spiro atoms. The van der Waals surface area contributed by atoms with E-state index in [1.807, 2.05) is 19.1 Å². The molecule has 1 fully saturated rings. The minimum Gasteiger partial charge on any atom is -0.371 e. The predicted molar refractivity (Wildman–Crippen MR) is 132 cm³/mol. The molecule has 32 heavy (non-hydrogen) atoms. The Morgan fingerprint density at radius 2 is 1.94 bits per heavy atom. The van der Waals surface area contributed by atoms with Gasteiger partial charge in [-0.25, -0.2) is 8.42 Å². The summed E-state index contributed by atoms with van der Waals surface area (Å²) in [5.41, 5.74) is 3.30. The average molecular weight is 478 g/mol. The fourth-order valence-electron chi connectivity index (χ4n) is 4.18. The number of nitrogens with one attached hydrogen (secondary N) is 1. The first kappa shape index (κ1) is 24.4. The number of carbonyl (C=O) groups is 1. The molecular formula is C24H32ClN3O3S. The Morgan fingerprint density at radius 3 is 2.53 bits per heavy atom. The van der Waals surface area contributed by atoms with E-state index in [0.717, 1.165) is 29.2 Å². The lowest BCUT2D eigenvalue weighted by Crippen LogP contribution is -2.41. The molecule has 3 rings (SSSR count). The first-order valence-electron chi connectivity index (χ1n) is 10.9. The van der Waals surface area contributed by atoms with Gasteiger partial charge in [0.15, 0.2) is 0 Å². The Labute approximate surface area is 196 Å². The number of benzene rings is 2. The number of nitrogens with zero attached hydrogens (tertiary/aromatic N) is 2. The lowest BCUT2D eigenvalue weighted by molar-refractivity contribution is -0.120. The molecule has 1 heterocycles. The quantitative estimate of drug-likeness (QED) is 0.636. The molecule has 8 heteroatoms. The van der Waals surface area contributed by atoms with E-state index in [9.17, 15) is 13.2 Å². The van der Waals surface area contributed by atoms with Crippen LogP contribution >= 0.6 is 11.6 Å². The molecule has 2 aromatic rings. The SMILES string of the molecule is Cc1cc(Cl)ccc1N(CC(=O)NC(C)c1ccc(N2CCCC(C)C2)cc1)S(C)(=O)=O. The van der Waals surface area contributed by atoms with Crippen molar-refractivity contribution in [2.24, 2.45) is 5.92 Å². The maximum Gasteiger partial charge on any atom is 0.241 e. The summed E-state index contributed by atoms with van der Waals surface area (Å²) in [4.78, 5) is 15.1. The third-order valence-electron chi connectivity index (χ3n) is 5.91. The lowest BCUT2D eigenvalue weighted by Gasteiger charge is -2.33. The minimum atomic E-state index is -3.65. The van der Waals surface area contributed by atoms with Crippen LogP contribution in [0.5, 0.6) is 0 Å². The highest BCUT2D eigenvalue weighted by Gasteiger charge is 2.23. The monoisotopic (exact) mass is 477 g/mol. The van der Waals surface area contributed by atoms with Crippen molar-refractivity contribution in [3.8, 4) is 0 Å². The van der Waals surface area contributed by atoms with Gasteiger partial charge in [0.25, 0.3) is 0 Å². The van der Waals surface area contributed by atoms with Gasteiger partial charge < -0.3 is 10.2 Å². The fraction of sp³-hybridized carbons (Fsp3) is 0.458. The van der Waals surface area contributed by atoms with E-state index >= 15 is 0 Å². The Kier molecular flexibility index (Phi) is 7.72. The molecule has 0 saturated carbocycles. The van der Waals surface area contributed by atoms with Gasteiger partial charge in [0.2, 0.25) is 15.9 Å². The zero-order chi connectivity index (χ0) is 23.5. The molecule has 6 nitrogen and oxygen atoms in total. The summed E-state index contributed by atoms with van der Waals surface area (Å²) < 4.78 is 25.9. The lowest BCUT2D eigenvalue weighted by atomic mass is 9.99. The van der Waals surface area contributed by atoms with Gasteiger partial charge in [-0.15, -0.1) is 0 Å². The van der Waals surface area contributed by atoms with Crippen molar-refractivity contribution in [1.29, 1.82) is 0 Å². The van der Waals surface area contributed by atoms with Gasteiger partial charge in [0.1, 0.15) is 6.54 Å². The molecule has 0 aromatic heterocycles. The molecule has 174 valence electrons. The summed E-state index contributed by atoms with van der Waals surface area (Å²) >= 11 is 6.00. The number of carbonyl (C=O) groups excluding carboxylic acids is 1. The van der Waals surface area contributed by atoms with E-state index in [1.54, 1.807) is 25.1 Å². The van der Waals surface area contributed by atoms with Gasteiger partial charge >= 0.3 is 0 Å². The second-order valence-electron chi connectivity index (χ2n) is 8.77. The second kappa shape index (κ2) is 10.1. The molecule has 1 N–H and O–H groups in total. The Hall–Kier alpha value is -2.25. The number of hydrogen-bond acceptors (Lipinski definition) is 4. The van der Waals surface area contributed by atoms with Gasteiger partial charge in [0.05, 0.1) is 18.0 Å². The molecule has 2 aromatic carbocycles. The number of piperidine rings is 1. The first-order valence-corrected chi connectivity index (χ1v) is 13.2. The van der Waals surface area contributed by atoms with Crippen molar-refractivity contribution < 1.29 is 13.2 Å². The highest BCUT2D eigenvalue weighted by atomic mass is 35.5. The summed E-state index contributed by atoms with van der Waals surface area (Å²) in [5.74, 6) is 0.329. The zero-order valence-electron chi connectivity index (χ0n) is 19.1. The van der Waals surface area contributed by atoms with E-state index in [0.29, 0.717) is 22.2 Å². The number of anilines is 2. The van der Waals surface area contributed by atoms with E-state index in [-0.39, 0.29) is 18.5 Å². The van der Waals surface area contributed by atoms with Crippen LogP contribution in [0.2, 0.25) is 5.02 Å². The Bertz CT molecular complexity index is 1060. The molecule has 2 atom stereocenters. The largest absolute Gasteiger partial charge is 0.371 e. The second-order valence-corrected chi connectivity index (χ2v) is 11.1. The number of hydrogen-bond donors (Lipinski definition) is 1. The van der Waals surface area contributed by atoms with Crippen LogP contribution in [-0.2, 0) is 14.8 Å². The molecule has 0 radical (unpaired) electrons. The highest BCUT2D eigenvalue weighted by Crippen LogP contribution is 2.26. The highest BCUT2D eigenvalue weighted by molar-refractivity contribution is 7.92. The van der Waals surface area contributed by atoms with Crippen LogP contribution in [0.25, 0.3) is 0 Å². The average Bonchev–Trinajstić information content (AvgIpc) is 2.72. The van der Waals surface area contributed by atoms with Crippen molar-refractivity contribution in [2.75, 3.05) is 35.1 Å². The van der Waals surface area contributed by atoms with Gasteiger partial charge in [-0.05, 0) is 74.1 Å². The van der Waals surface area contributed by atoms with Crippen LogP contribution in [-0.4, -0.2) is 40.2 Å². The van der Waals surface area contributed by atoms with Gasteiger partial charge in [-0.1, -0.05) is 30.7 Å². The Morgan fingerprint density at radius 1 is 1.25 bits per heavy atom. The standard InChI is InChI=1S/C24H32ClN3O3S/c1-17-6-5-13-27(15-17)22-10-7-20(8-11-22)19(3)26-24(29)16-28(32(4,30)31)23-12-9-21(25)14-18(23)2/h7-12,14,17,19H,5-6,13,15-16H2,1-4H3,(H,26,29). The molecule has 1 aliphatic heterocycles. The molecule has 2 unspecified atom stereocenters. The van der Waals surface area contributed by atoms with E-state index in [2.05, 4.69) is 29.3 Å². The first-order chi connectivity index (χ1) is 15.0. The summed E-state index contributed by atoms with van der Waals surface area (Å²) in [6.07, 6.45) is 3.58. The van der Waals surface area contributed by atoms with Crippen LogP contribution in [0.1, 0.15) is 43.9 Å². The third kappa shape index (κ3) is 6.17. The van der Waals surface area contributed by atoms with Crippen LogP contribution in [0.15, 0.2) is 42.5 Å².